The van der Waals surface area contributed by atoms with Gasteiger partial charge in [-0.25, -0.2) is 0 Å². The second-order valence-electron chi connectivity index (χ2n) is 4.61. The molecule has 0 rings (SSSR count). The van der Waals surface area contributed by atoms with E-state index >= 15 is 0 Å². The quantitative estimate of drug-likeness (QED) is 0.531. The van der Waals surface area contributed by atoms with E-state index in [1.54, 1.807) is 0 Å². The van der Waals surface area contributed by atoms with Crippen LogP contribution in [0.3, 0.4) is 0 Å². The van der Waals surface area contributed by atoms with Crippen LogP contribution < -0.4 is 0 Å². The van der Waals surface area contributed by atoms with E-state index in [-0.39, 0.29) is 0 Å². The van der Waals surface area contributed by atoms with E-state index < -0.39 is 33.3 Å². The lowest BCUT2D eigenvalue weighted by molar-refractivity contribution is -0.562. The van der Waals surface area contributed by atoms with Crippen LogP contribution in [0.1, 0.15) is 20.8 Å². The summed E-state index contributed by atoms with van der Waals surface area (Å²) in [5.74, 6) is -1.28. The summed E-state index contributed by atoms with van der Waals surface area (Å²) in [6.07, 6.45) is 0. The van der Waals surface area contributed by atoms with Gasteiger partial charge in [0.1, 0.15) is 18.1 Å². The molecule has 0 aromatic carbocycles. The molecule has 0 aromatic heterocycles. The zero-order chi connectivity index (χ0) is 13.8. The largest absolute Gasteiger partial charge is 0.307 e. The van der Waals surface area contributed by atoms with Crippen LogP contribution in [0.5, 0.6) is 0 Å². The molecule has 0 spiro atoms. The smallest absolute Gasteiger partial charge is 0.263 e. The normalized spacial score (nSPS) is 14.5. The Kier molecular flexibility index (Phi) is 4.53. The molecule has 0 fully saturated rings. The van der Waals surface area contributed by atoms with E-state index in [1.165, 1.54) is 32.9 Å². The minimum Gasteiger partial charge on any atom is -0.263 e. The molecule has 0 saturated heterocycles. The zero-order valence-electron chi connectivity index (χ0n) is 9.65. The van der Waals surface area contributed by atoms with Gasteiger partial charge in [-0.05, 0) is 5.41 Å². The molecule has 0 aliphatic heterocycles. The highest BCUT2D eigenvalue weighted by Gasteiger charge is 2.51. The Labute approximate surface area is 97.7 Å². The van der Waals surface area contributed by atoms with E-state index in [1.807, 2.05) is 0 Å². The van der Waals surface area contributed by atoms with Crippen molar-refractivity contribution in [3.8, 4) is 12.1 Å². The molecule has 0 aliphatic rings. The molecule has 0 saturated carbocycles. The van der Waals surface area contributed by atoms with Gasteiger partial charge in [0.25, 0.3) is 0 Å². The maximum absolute atomic E-state index is 10.7. The first-order chi connectivity index (χ1) is 7.66. The number of hydrogen-bond acceptors (Lipinski definition) is 6. The third-order valence-corrected chi connectivity index (χ3v) is 2.40. The van der Waals surface area contributed by atoms with Crippen molar-refractivity contribution in [2.45, 2.75) is 32.9 Å². The predicted molar refractivity (Wildman–Crippen MR) is 55.7 cm³/mol. The van der Waals surface area contributed by atoms with Crippen molar-refractivity contribution in [1.29, 1.82) is 10.5 Å². The summed E-state index contributed by atoms with van der Waals surface area (Å²) >= 11 is 0. The molecule has 0 heterocycles. The van der Waals surface area contributed by atoms with Crippen molar-refractivity contribution in [2.24, 2.45) is 11.3 Å². The summed E-state index contributed by atoms with van der Waals surface area (Å²) < 4.78 is 0. The molecule has 17 heavy (non-hydrogen) atoms. The third-order valence-electron chi connectivity index (χ3n) is 2.40. The van der Waals surface area contributed by atoms with Crippen molar-refractivity contribution in [2.75, 3.05) is 0 Å². The molecule has 0 N–H and O–H groups in total. The highest BCUT2D eigenvalue weighted by atomic mass is 16.6. The van der Waals surface area contributed by atoms with Crippen LogP contribution in [0.15, 0.2) is 0 Å². The summed E-state index contributed by atoms with van der Waals surface area (Å²) in [7, 11) is 0. The Bertz CT molecular complexity index is 369. The third kappa shape index (κ3) is 3.38. The number of hydrogen-bond donors (Lipinski definition) is 0. The van der Waals surface area contributed by atoms with Gasteiger partial charge in [-0.3, -0.25) is 20.2 Å². The molecule has 2 atom stereocenters. The molecule has 0 amide bonds. The van der Waals surface area contributed by atoms with E-state index in [9.17, 15) is 20.2 Å². The summed E-state index contributed by atoms with van der Waals surface area (Å²) in [5.41, 5.74) is -0.902. The van der Waals surface area contributed by atoms with Crippen LogP contribution in [0, 0.1) is 54.2 Å². The van der Waals surface area contributed by atoms with Crippen LogP contribution in [0.2, 0.25) is 0 Å². The average Bonchev–Trinajstić information content (AvgIpc) is 2.15. The number of rotatable bonds is 4. The maximum atomic E-state index is 10.7. The first-order valence-electron chi connectivity index (χ1n) is 4.73. The van der Waals surface area contributed by atoms with Crippen molar-refractivity contribution >= 4 is 0 Å². The molecule has 0 bridgehead atoms. The van der Waals surface area contributed by atoms with E-state index in [0.29, 0.717) is 0 Å². The highest BCUT2D eigenvalue weighted by Crippen LogP contribution is 2.33. The standard InChI is InChI=1S/C9H12N4O4/c1-9(2,3)8(6(4-10)12(14)15)7(5-11)13(16)17/h6-8H,1-3H3/t6-,7-/m1/s1. The van der Waals surface area contributed by atoms with Crippen molar-refractivity contribution in [3.05, 3.63) is 20.2 Å². The summed E-state index contributed by atoms with van der Waals surface area (Å²) in [6, 6.07) is -0.700. The average molecular weight is 240 g/mol. The lowest BCUT2D eigenvalue weighted by Crippen LogP contribution is -2.46. The molecule has 92 valence electrons. The van der Waals surface area contributed by atoms with Crippen LogP contribution in [0.4, 0.5) is 0 Å². The topological polar surface area (TPSA) is 134 Å². The molecule has 0 unspecified atom stereocenters. The summed E-state index contributed by atoms with van der Waals surface area (Å²) in [6.45, 7) is 4.58. The summed E-state index contributed by atoms with van der Waals surface area (Å²) in [4.78, 5) is 19.7. The fourth-order valence-corrected chi connectivity index (χ4v) is 1.64. The van der Waals surface area contributed by atoms with Gasteiger partial charge in [0.05, 0.1) is 0 Å². The van der Waals surface area contributed by atoms with Gasteiger partial charge in [0.2, 0.25) is 0 Å². The van der Waals surface area contributed by atoms with Crippen molar-refractivity contribution < 1.29 is 9.85 Å². The van der Waals surface area contributed by atoms with Gasteiger partial charge in [-0.2, -0.15) is 10.5 Å². The molecule has 0 aliphatic carbocycles. The minimum atomic E-state index is -1.77. The van der Waals surface area contributed by atoms with Gasteiger partial charge in [0, 0.05) is 9.85 Å². The highest BCUT2D eigenvalue weighted by molar-refractivity contribution is 5.03. The van der Waals surface area contributed by atoms with E-state index in [2.05, 4.69) is 0 Å². The fraction of sp³-hybridized carbons (Fsp3) is 0.778. The first kappa shape index (κ1) is 14.8. The van der Waals surface area contributed by atoms with Crippen molar-refractivity contribution in [1.82, 2.24) is 0 Å². The Balaban J connectivity index is 5.60. The number of nitro groups is 2. The Morgan fingerprint density at radius 2 is 1.29 bits per heavy atom. The van der Waals surface area contributed by atoms with Crippen LogP contribution in [-0.4, -0.2) is 21.9 Å². The second-order valence-corrected chi connectivity index (χ2v) is 4.61. The van der Waals surface area contributed by atoms with E-state index in [4.69, 9.17) is 10.5 Å². The monoisotopic (exact) mass is 240 g/mol. The number of nitrogens with zero attached hydrogens (tertiary/aromatic N) is 4. The van der Waals surface area contributed by atoms with Gasteiger partial charge in [-0.15, -0.1) is 0 Å². The lowest BCUT2D eigenvalue weighted by Gasteiger charge is -2.28. The van der Waals surface area contributed by atoms with Gasteiger partial charge >= 0.3 is 12.1 Å². The molecular weight excluding hydrogens is 228 g/mol. The number of nitriles is 2. The fourth-order valence-electron chi connectivity index (χ4n) is 1.64. The molecule has 0 radical (unpaired) electrons. The van der Waals surface area contributed by atoms with Gasteiger partial charge in [0.15, 0.2) is 0 Å². The predicted octanol–water partition coefficient (Wildman–Crippen LogP) is 0.986. The molecule has 0 aromatic rings. The lowest BCUT2D eigenvalue weighted by atomic mass is 9.73. The van der Waals surface area contributed by atoms with Gasteiger partial charge in [-0.1, -0.05) is 20.8 Å². The molecular formula is C9H12N4O4. The maximum Gasteiger partial charge on any atom is 0.307 e. The van der Waals surface area contributed by atoms with Crippen LogP contribution >= 0.6 is 0 Å². The molecule has 8 nitrogen and oxygen atoms in total. The Morgan fingerprint density at radius 1 is 1.00 bits per heavy atom. The SMILES string of the molecule is CC(C)(C)C([C@@H](C#N)[N+](=O)[O-])[C@@H](C#N)[N+](=O)[O-]. The Hall–Kier alpha value is -2.22. The zero-order valence-corrected chi connectivity index (χ0v) is 9.65. The molecule has 8 heteroatoms. The van der Waals surface area contributed by atoms with Crippen LogP contribution in [0.25, 0.3) is 0 Å². The van der Waals surface area contributed by atoms with Crippen LogP contribution in [-0.2, 0) is 0 Å². The minimum absolute atomic E-state index is 0.885. The Morgan fingerprint density at radius 3 is 1.41 bits per heavy atom. The second kappa shape index (κ2) is 5.21. The first-order valence-corrected chi connectivity index (χ1v) is 4.73. The summed E-state index contributed by atoms with van der Waals surface area (Å²) in [5, 5.41) is 38.9. The van der Waals surface area contributed by atoms with Gasteiger partial charge < -0.3 is 0 Å². The van der Waals surface area contributed by atoms with Crippen molar-refractivity contribution in [3.63, 3.8) is 0 Å². The van der Waals surface area contributed by atoms with E-state index in [0.717, 1.165) is 0 Å².